The van der Waals surface area contributed by atoms with E-state index in [9.17, 15) is 14.5 Å². The van der Waals surface area contributed by atoms with E-state index < -0.39 is 16.4 Å². The third-order valence-electron chi connectivity index (χ3n) is 5.40. The Hall–Kier alpha value is -4.05. The normalized spacial score (nSPS) is 13.1. The molecule has 0 amide bonds. The summed E-state index contributed by atoms with van der Waals surface area (Å²) in [4.78, 5) is 19.2. The monoisotopic (exact) mass is 435 g/mol. The first kappa shape index (κ1) is 19.9. The van der Waals surface area contributed by atoms with E-state index in [2.05, 4.69) is 25.9 Å². The molecule has 162 valence electrons. The molecule has 32 heavy (non-hydrogen) atoms. The smallest absolute Gasteiger partial charge is 0.307 e. The van der Waals surface area contributed by atoms with Gasteiger partial charge in [-0.3, -0.25) is 10.1 Å². The number of nitro groups is 1. The van der Waals surface area contributed by atoms with Gasteiger partial charge in [0.1, 0.15) is 5.75 Å². The quantitative estimate of drug-likeness (QED) is 0.365. The van der Waals surface area contributed by atoms with Gasteiger partial charge in [-0.25, -0.2) is 9.97 Å². The SMILES string of the molecule is COc1cc(F)c([N+](=O)[O-])cc1Nc1nccc(-c2c3n(c4ccccc24)CCOC3)n1. The van der Waals surface area contributed by atoms with Gasteiger partial charge < -0.3 is 19.4 Å². The number of nitrogens with one attached hydrogen (secondary N) is 1. The molecule has 0 atom stereocenters. The van der Waals surface area contributed by atoms with E-state index in [0.29, 0.717) is 18.9 Å². The largest absolute Gasteiger partial charge is 0.494 e. The van der Waals surface area contributed by atoms with Gasteiger partial charge in [-0.2, -0.15) is 4.39 Å². The van der Waals surface area contributed by atoms with Crippen molar-refractivity contribution in [1.82, 2.24) is 14.5 Å². The molecule has 2 aromatic carbocycles. The lowest BCUT2D eigenvalue weighted by Crippen LogP contribution is -2.16. The molecule has 9 nitrogen and oxygen atoms in total. The van der Waals surface area contributed by atoms with E-state index in [1.165, 1.54) is 7.11 Å². The van der Waals surface area contributed by atoms with Crippen LogP contribution in [0, 0.1) is 15.9 Å². The van der Waals surface area contributed by atoms with E-state index in [-0.39, 0.29) is 17.4 Å². The molecule has 0 bridgehead atoms. The minimum absolute atomic E-state index is 0.0993. The third-order valence-corrected chi connectivity index (χ3v) is 5.40. The number of hydrogen-bond acceptors (Lipinski definition) is 7. The average Bonchev–Trinajstić information content (AvgIpc) is 3.14. The number of anilines is 2. The van der Waals surface area contributed by atoms with Crippen LogP contribution in [-0.2, 0) is 17.9 Å². The van der Waals surface area contributed by atoms with Crippen molar-refractivity contribution in [2.24, 2.45) is 0 Å². The van der Waals surface area contributed by atoms with Gasteiger partial charge in [-0.15, -0.1) is 0 Å². The highest BCUT2D eigenvalue weighted by Gasteiger charge is 2.23. The second kappa shape index (κ2) is 7.89. The first-order chi connectivity index (χ1) is 15.6. The highest BCUT2D eigenvalue weighted by atomic mass is 19.1. The highest BCUT2D eigenvalue weighted by Crippen LogP contribution is 2.37. The number of nitrogens with zero attached hydrogens (tertiary/aromatic N) is 4. The Labute approximate surface area is 181 Å². The molecule has 1 aliphatic heterocycles. The molecule has 0 radical (unpaired) electrons. The zero-order valence-corrected chi connectivity index (χ0v) is 17.0. The molecule has 3 heterocycles. The van der Waals surface area contributed by atoms with Crippen molar-refractivity contribution in [2.45, 2.75) is 13.2 Å². The number of halogens is 1. The second-order valence-corrected chi connectivity index (χ2v) is 7.19. The number of fused-ring (bicyclic) bond motifs is 3. The van der Waals surface area contributed by atoms with Crippen LogP contribution in [0.3, 0.4) is 0 Å². The van der Waals surface area contributed by atoms with Gasteiger partial charge in [0.05, 0.1) is 42.3 Å². The molecule has 0 saturated carbocycles. The van der Waals surface area contributed by atoms with Crippen molar-refractivity contribution in [2.75, 3.05) is 19.0 Å². The van der Waals surface area contributed by atoms with Crippen molar-refractivity contribution in [3.63, 3.8) is 0 Å². The number of rotatable bonds is 5. The average molecular weight is 435 g/mol. The summed E-state index contributed by atoms with van der Waals surface area (Å²) in [7, 11) is 1.35. The van der Waals surface area contributed by atoms with Crippen LogP contribution in [0.25, 0.3) is 22.2 Å². The maximum Gasteiger partial charge on any atom is 0.307 e. The molecule has 0 spiro atoms. The van der Waals surface area contributed by atoms with Gasteiger partial charge in [-0.1, -0.05) is 18.2 Å². The van der Waals surface area contributed by atoms with Gasteiger partial charge in [-0.05, 0) is 12.1 Å². The van der Waals surface area contributed by atoms with Gasteiger partial charge in [0, 0.05) is 41.3 Å². The molecular formula is C22H18FN5O4. The topological polar surface area (TPSA) is 104 Å². The summed E-state index contributed by atoms with van der Waals surface area (Å²) in [6, 6.07) is 11.9. The van der Waals surface area contributed by atoms with E-state index >= 15 is 0 Å². The first-order valence-electron chi connectivity index (χ1n) is 9.87. The zero-order valence-electron chi connectivity index (χ0n) is 17.0. The van der Waals surface area contributed by atoms with Gasteiger partial charge >= 0.3 is 5.69 Å². The summed E-state index contributed by atoms with van der Waals surface area (Å²) < 4.78 is 27.1. The van der Waals surface area contributed by atoms with Crippen molar-refractivity contribution in [3.8, 4) is 17.0 Å². The summed E-state index contributed by atoms with van der Waals surface area (Å²) in [6.07, 6.45) is 1.59. The second-order valence-electron chi connectivity index (χ2n) is 7.19. The van der Waals surface area contributed by atoms with Crippen LogP contribution >= 0.6 is 0 Å². The maximum absolute atomic E-state index is 14.0. The molecule has 1 aliphatic rings. The molecule has 4 aromatic rings. The number of benzene rings is 2. The van der Waals surface area contributed by atoms with Gasteiger partial charge in [0.25, 0.3) is 0 Å². The first-order valence-corrected chi connectivity index (χ1v) is 9.87. The molecule has 0 aliphatic carbocycles. The summed E-state index contributed by atoms with van der Waals surface area (Å²) in [5, 5.41) is 15.1. The van der Waals surface area contributed by atoms with Crippen LogP contribution in [0.1, 0.15) is 5.69 Å². The Morgan fingerprint density at radius 3 is 2.94 bits per heavy atom. The van der Waals surface area contributed by atoms with Gasteiger partial charge in [0.2, 0.25) is 11.8 Å². The fraction of sp³-hybridized carbons (Fsp3) is 0.182. The number of aromatic nitrogens is 3. The summed E-state index contributed by atoms with van der Waals surface area (Å²) in [5.74, 6) is -0.691. The number of para-hydroxylation sites is 1. The van der Waals surface area contributed by atoms with Gasteiger partial charge in [0.15, 0.2) is 0 Å². The lowest BCUT2D eigenvalue weighted by molar-refractivity contribution is -0.387. The Morgan fingerprint density at radius 2 is 2.12 bits per heavy atom. The Kier molecular flexibility index (Phi) is 4.91. The lowest BCUT2D eigenvalue weighted by atomic mass is 10.1. The van der Waals surface area contributed by atoms with E-state index in [4.69, 9.17) is 9.47 Å². The maximum atomic E-state index is 14.0. The van der Waals surface area contributed by atoms with E-state index in [1.54, 1.807) is 12.3 Å². The minimum Gasteiger partial charge on any atom is -0.494 e. The van der Waals surface area contributed by atoms with Crippen molar-refractivity contribution >= 4 is 28.2 Å². The molecular weight excluding hydrogens is 417 g/mol. The summed E-state index contributed by atoms with van der Waals surface area (Å²) in [5.41, 5.74) is 3.26. The molecule has 5 rings (SSSR count). The van der Waals surface area contributed by atoms with Crippen LogP contribution in [0.15, 0.2) is 48.7 Å². The molecule has 0 saturated heterocycles. The molecule has 0 fully saturated rings. The van der Waals surface area contributed by atoms with E-state index in [1.807, 2.05) is 18.2 Å². The van der Waals surface area contributed by atoms with Crippen LogP contribution < -0.4 is 10.1 Å². The van der Waals surface area contributed by atoms with Crippen molar-refractivity contribution in [3.05, 3.63) is 70.3 Å². The fourth-order valence-electron chi connectivity index (χ4n) is 4.00. The fourth-order valence-corrected chi connectivity index (χ4v) is 4.00. The predicted molar refractivity (Wildman–Crippen MR) is 116 cm³/mol. The zero-order chi connectivity index (χ0) is 22.2. The Morgan fingerprint density at radius 1 is 1.28 bits per heavy atom. The predicted octanol–water partition coefficient (Wildman–Crippen LogP) is 4.43. The Balaban J connectivity index is 1.59. The van der Waals surface area contributed by atoms with E-state index in [0.717, 1.165) is 40.8 Å². The third kappa shape index (κ3) is 3.30. The van der Waals surface area contributed by atoms with Crippen molar-refractivity contribution < 1.29 is 18.8 Å². The molecule has 10 heteroatoms. The Bertz CT molecular complexity index is 1350. The number of ether oxygens (including phenoxy) is 2. The standard InChI is InChI=1S/C22H18FN5O4/c1-31-20-10-14(23)18(28(29)30)11-16(20)26-22-24-7-6-15(25-22)21-13-4-2-3-5-17(13)27-8-9-32-12-19(21)27/h2-7,10-11H,8-9,12H2,1H3,(H,24,25,26). The van der Waals surface area contributed by atoms with Crippen molar-refractivity contribution in [1.29, 1.82) is 0 Å². The summed E-state index contributed by atoms with van der Waals surface area (Å²) in [6.45, 7) is 1.86. The summed E-state index contributed by atoms with van der Waals surface area (Å²) >= 11 is 0. The van der Waals surface area contributed by atoms with Crippen LogP contribution in [0.4, 0.5) is 21.7 Å². The minimum atomic E-state index is -0.987. The van der Waals surface area contributed by atoms with Crippen LogP contribution in [0.2, 0.25) is 0 Å². The van der Waals surface area contributed by atoms with Crippen LogP contribution in [0.5, 0.6) is 5.75 Å². The van der Waals surface area contributed by atoms with Crippen LogP contribution in [-0.4, -0.2) is 33.2 Å². The number of hydrogen-bond donors (Lipinski definition) is 1. The number of nitro benzene ring substituents is 1. The highest BCUT2D eigenvalue weighted by molar-refractivity contribution is 5.97. The molecule has 2 aromatic heterocycles. The molecule has 1 N–H and O–H groups in total. The molecule has 0 unspecified atom stereocenters. The number of methoxy groups -OCH3 is 1. The lowest BCUT2D eigenvalue weighted by Gasteiger charge is -2.18.